The zero-order valence-electron chi connectivity index (χ0n) is 16.9. The average Bonchev–Trinajstić information content (AvgIpc) is 2.84. The van der Waals surface area contributed by atoms with Crippen molar-refractivity contribution in [1.82, 2.24) is 0 Å². The Kier molecular flexibility index (Phi) is 4.27. The normalized spacial score (nSPS) is 52.2. The van der Waals surface area contributed by atoms with Crippen LogP contribution in [0.3, 0.4) is 0 Å². The molecule has 0 aromatic carbocycles. The number of halogens is 1. The van der Waals surface area contributed by atoms with Gasteiger partial charge in [-0.05, 0) is 56.6 Å². The first kappa shape index (κ1) is 20.7. The van der Waals surface area contributed by atoms with Crippen LogP contribution < -0.4 is 0 Å². The van der Waals surface area contributed by atoms with Crippen molar-refractivity contribution in [2.75, 3.05) is 0 Å². The zero-order valence-corrected chi connectivity index (χ0v) is 16.9. The second-order valence-electron chi connectivity index (χ2n) is 9.97. The molecule has 0 aromatic heterocycles. The SMILES string of the molecule is C[C@@H]1C[C@H]2[C@@H]3CCC4=CC(=O)C=C[C@]4(C)[C@@]3(F)[C@@H](O)C[C@]2(C)[C@@]1(O)C(O)C(=O)O. The number of carboxylic acid groups (broad SMARTS) is 1. The van der Waals surface area contributed by atoms with E-state index in [2.05, 4.69) is 0 Å². The van der Waals surface area contributed by atoms with Crippen LogP contribution in [0.5, 0.6) is 0 Å². The lowest BCUT2D eigenvalue weighted by Gasteiger charge is -2.63. The van der Waals surface area contributed by atoms with Gasteiger partial charge in [-0.3, -0.25) is 4.79 Å². The summed E-state index contributed by atoms with van der Waals surface area (Å²) in [5.41, 5.74) is -5.65. The number of rotatable bonds is 2. The fraction of sp³-hybridized carbons (Fsp3) is 0.727. The van der Waals surface area contributed by atoms with Gasteiger partial charge in [0.1, 0.15) is 5.60 Å². The predicted molar refractivity (Wildman–Crippen MR) is 101 cm³/mol. The highest BCUT2D eigenvalue weighted by atomic mass is 19.1. The molecular weight excluding hydrogens is 379 g/mol. The molecule has 29 heavy (non-hydrogen) atoms. The summed E-state index contributed by atoms with van der Waals surface area (Å²) in [7, 11) is 0. The van der Waals surface area contributed by atoms with Crippen molar-refractivity contribution in [3.8, 4) is 0 Å². The Hall–Kier alpha value is -1.57. The lowest BCUT2D eigenvalue weighted by atomic mass is 9.44. The molecule has 4 aliphatic rings. The third-order valence-corrected chi connectivity index (χ3v) is 8.96. The minimum atomic E-state index is -2.04. The fourth-order valence-electron chi connectivity index (χ4n) is 7.35. The van der Waals surface area contributed by atoms with Crippen LogP contribution in [0, 0.1) is 28.6 Å². The summed E-state index contributed by atoms with van der Waals surface area (Å²) in [4.78, 5) is 23.4. The number of carboxylic acids is 1. The summed E-state index contributed by atoms with van der Waals surface area (Å²) in [5, 5.41) is 42.4. The molecule has 3 fully saturated rings. The molecule has 160 valence electrons. The van der Waals surface area contributed by atoms with Crippen LogP contribution in [-0.4, -0.2) is 55.7 Å². The van der Waals surface area contributed by atoms with Gasteiger partial charge in [-0.25, -0.2) is 9.18 Å². The van der Waals surface area contributed by atoms with Gasteiger partial charge in [-0.2, -0.15) is 0 Å². The van der Waals surface area contributed by atoms with Crippen LogP contribution in [0.25, 0.3) is 0 Å². The van der Waals surface area contributed by atoms with Gasteiger partial charge in [0, 0.05) is 16.7 Å². The van der Waals surface area contributed by atoms with Crippen molar-refractivity contribution in [1.29, 1.82) is 0 Å². The van der Waals surface area contributed by atoms with Gasteiger partial charge < -0.3 is 20.4 Å². The molecule has 3 saturated carbocycles. The number of hydrogen-bond donors (Lipinski definition) is 4. The third-order valence-electron chi connectivity index (χ3n) is 8.96. The Bertz CT molecular complexity index is 837. The molecule has 0 aromatic rings. The van der Waals surface area contributed by atoms with Crippen molar-refractivity contribution in [2.45, 2.75) is 69.9 Å². The Morgan fingerprint density at radius 1 is 1.31 bits per heavy atom. The number of hydrogen-bond acceptors (Lipinski definition) is 5. The lowest BCUT2D eigenvalue weighted by molar-refractivity contribution is -0.240. The van der Waals surface area contributed by atoms with Crippen LogP contribution in [0.15, 0.2) is 23.8 Å². The molecule has 4 N–H and O–H groups in total. The number of carbonyl (C=O) groups excluding carboxylic acids is 1. The summed E-state index contributed by atoms with van der Waals surface area (Å²) in [6.07, 6.45) is 1.94. The van der Waals surface area contributed by atoms with Gasteiger partial charge in [0.15, 0.2) is 17.6 Å². The van der Waals surface area contributed by atoms with E-state index in [0.29, 0.717) is 24.8 Å². The lowest BCUT2D eigenvalue weighted by Crippen LogP contribution is -2.70. The largest absolute Gasteiger partial charge is 0.479 e. The van der Waals surface area contributed by atoms with Crippen LogP contribution in [0.4, 0.5) is 4.39 Å². The first-order chi connectivity index (χ1) is 13.3. The molecule has 0 heterocycles. The average molecular weight is 408 g/mol. The molecule has 0 radical (unpaired) electrons. The van der Waals surface area contributed by atoms with E-state index in [9.17, 15) is 30.0 Å². The number of carbonyl (C=O) groups is 2. The van der Waals surface area contributed by atoms with Crippen LogP contribution >= 0.6 is 0 Å². The Morgan fingerprint density at radius 2 is 1.97 bits per heavy atom. The standard InChI is InChI=1S/C22H29FO6/c1-11-8-15-14-5-4-12-9-13(24)6-7-19(12,2)21(14,23)16(25)10-20(15,3)22(11,29)17(26)18(27)28/h6-7,9,11,14-17,25-26,29H,4-5,8,10H2,1-3H3,(H,27,28)/t11-,14+,15+,16+,17?,19+,20+,21+,22+/m1/s1. The highest BCUT2D eigenvalue weighted by molar-refractivity contribution is 6.01. The maximum atomic E-state index is 16.9. The highest BCUT2D eigenvalue weighted by Crippen LogP contribution is 2.71. The maximum absolute atomic E-state index is 16.9. The molecule has 6 nitrogen and oxygen atoms in total. The van der Waals surface area contributed by atoms with E-state index >= 15 is 4.39 Å². The highest BCUT2D eigenvalue weighted by Gasteiger charge is 2.75. The monoisotopic (exact) mass is 408 g/mol. The van der Waals surface area contributed by atoms with E-state index in [4.69, 9.17) is 0 Å². The summed E-state index contributed by atoms with van der Waals surface area (Å²) in [6.45, 7) is 5.05. The van der Waals surface area contributed by atoms with E-state index in [0.717, 1.165) is 0 Å². The van der Waals surface area contributed by atoms with Crippen LogP contribution in [0.2, 0.25) is 0 Å². The van der Waals surface area contributed by atoms with Crippen LogP contribution in [0.1, 0.15) is 46.5 Å². The van der Waals surface area contributed by atoms with Crippen molar-refractivity contribution >= 4 is 11.8 Å². The number of ketones is 1. The minimum absolute atomic E-state index is 0.166. The Balaban J connectivity index is 1.83. The first-order valence-electron chi connectivity index (χ1n) is 10.3. The molecule has 0 amide bonds. The van der Waals surface area contributed by atoms with E-state index < -0.39 is 58.0 Å². The molecule has 0 aliphatic heterocycles. The summed E-state index contributed by atoms with van der Waals surface area (Å²) in [5.74, 6) is -3.33. The van der Waals surface area contributed by atoms with Crippen molar-refractivity contribution in [2.24, 2.45) is 28.6 Å². The van der Waals surface area contributed by atoms with Gasteiger partial charge >= 0.3 is 5.97 Å². The number of alkyl halides is 1. The zero-order chi connectivity index (χ0) is 21.6. The fourth-order valence-corrected chi connectivity index (χ4v) is 7.35. The van der Waals surface area contributed by atoms with E-state index in [1.807, 2.05) is 0 Å². The van der Waals surface area contributed by atoms with Crippen molar-refractivity contribution in [3.63, 3.8) is 0 Å². The molecule has 0 bridgehead atoms. The van der Waals surface area contributed by atoms with Crippen molar-refractivity contribution in [3.05, 3.63) is 23.8 Å². The Labute approximate surface area is 169 Å². The molecule has 4 rings (SSSR count). The van der Waals surface area contributed by atoms with Crippen molar-refractivity contribution < 1.29 is 34.4 Å². The number of aliphatic hydroxyl groups is 3. The maximum Gasteiger partial charge on any atom is 0.335 e. The van der Waals surface area contributed by atoms with E-state index in [1.165, 1.54) is 12.2 Å². The van der Waals surface area contributed by atoms with Crippen LogP contribution in [-0.2, 0) is 9.59 Å². The van der Waals surface area contributed by atoms with Gasteiger partial charge in [0.05, 0.1) is 6.10 Å². The first-order valence-corrected chi connectivity index (χ1v) is 10.3. The molecule has 1 unspecified atom stereocenters. The number of aliphatic carboxylic acids is 1. The summed E-state index contributed by atoms with van der Waals surface area (Å²) < 4.78 is 16.9. The van der Waals surface area contributed by atoms with Gasteiger partial charge in [-0.1, -0.05) is 25.5 Å². The number of aliphatic hydroxyl groups excluding tert-OH is 2. The van der Waals surface area contributed by atoms with E-state index in [1.54, 1.807) is 26.8 Å². The molecule has 7 heteroatoms. The van der Waals surface area contributed by atoms with Gasteiger partial charge in [0.2, 0.25) is 0 Å². The molecule has 9 atom stereocenters. The quantitative estimate of drug-likeness (QED) is 0.554. The van der Waals surface area contributed by atoms with Gasteiger partial charge in [0.25, 0.3) is 0 Å². The predicted octanol–water partition coefficient (Wildman–Crippen LogP) is 1.78. The summed E-state index contributed by atoms with van der Waals surface area (Å²) >= 11 is 0. The topological polar surface area (TPSA) is 115 Å². The molecular formula is C22H29FO6. The Morgan fingerprint density at radius 3 is 2.59 bits per heavy atom. The molecule has 0 spiro atoms. The summed E-state index contributed by atoms with van der Waals surface area (Å²) in [6, 6.07) is 0. The second kappa shape index (κ2) is 5.99. The molecule has 4 aliphatic carbocycles. The molecule has 0 saturated heterocycles. The third kappa shape index (κ3) is 2.21. The number of fused-ring (bicyclic) bond motifs is 5. The minimum Gasteiger partial charge on any atom is -0.479 e. The smallest absolute Gasteiger partial charge is 0.335 e. The number of allylic oxidation sites excluding steroid dienone is 4. The van der Waals surface area contributed by atoms with Gasteiger partial charge in [-0.15, -0.1) is 0 Å². The second-order valence-corrected chi connectivity index (χ2v) is 9.97. The van der Waals surface area contributed by atoms with E-state index in [-0.39, 0.29) is 12.2 Å².